The van der Waals surface area contributed by atoms with Gasteiger partial charge in [-0.15, -0.1) is 0 Å². The Hall–Kier alpha value is -2.96. The van der Waals surface area contributed by atoms with Crippen molar-refractivity contribution in [3.63, 3.8) is 0 Å². The van der Waals surface area contributed by atoms with Gasteiger partial charge in [0.1, 0.15) is 17.7 Å². The quantitative estimate of drug-likeness (QED) is 0.789. The molecule has 7 heteroatoms. The normalized spacial score (nSPS) is 11.6. The first kappa shape index (κ1) is 16.4. The lowest BCUT2D eigenvalue weighted by Crippen LogP contribution is -2.47. The van der Waals surface area contributed by atoms with E-state index in [0.29, 0.717) is 6.07 Å². The number of hydrogen-bond donors (Lipinski definition) is 3. The summed E-state index contributed by atoms with van der Waals surface area (Å²) in [5.41, 5.74) is 5.83. The Kier molecular flexibility index (Phi) is 5.24. The van der Waals surface area contributed by atoms with Crippen LogP contribution in [0.5, 0.6) is 0 Å². The van der Waals surface area contributed by atoms with Gasteiger partial charge in [0.2, 0.25) is 5.91 Å². The number of benzene rings is 2. The van der Waals surface area contributed by atoms with Gasteiger partial charge in [-0.3, -0.25) is 4.79 Å². The Bertz CT molecular complexity index is 687. The molecule has 0 aliphatic carbocycles. The van der Waals surface area contributed by atoms with E-state index in [2.05, 4.69) is 10.6 Å². The average Bonchev–Trinajstić information content (AvgIpc) is 2.46. The van der Waals surface area contributed by atoms with Crippen molar-refractivity contribution in [1.82, 2.24) is 5.32 Å². The minimum Gasteiger partial charge on any atom is -0.352 e. The highest BCUT2D eigenvalue weighted by atomic mass is 19.1. The smallest absolute Gasteiger partial charge is 0.312 e. The number of anilines is 1. The molecular weight excluding hydrogens is 304 g/mol. The Morgan fingerprint density at radius 1 is 1.04 bits per heavy atom. The summed E-state index contributed by atoms with van der Waals surface area (Å²) in [7, 11) is 0. The van der Waals surface area contributed by atoms with Crippen molar-refractivity contribution in [2.24, 2.45) is 5.73 Å². The van der Waals surface area contributed by atoms with Gasteiger partial charge in [-0.1, -0.05) is 30.3 Å². The standard InChI is InChI=1S/C16H15F2N3O2/c17-11-7-12(18)9-13(8-11)20-15(22)14(21-16(19)23)6-10-4-2-1-3-5-10/h1-5,7-9,14H,6H2,(H,20,22)(H3,19,21,23). The topological polar surface area (TPSA) is 84.2 Å². The lowest BCUT2D eigenvalue weighted by molar-refractivity contribution is -0.117. The maximum absolute atomic E-state index is 13.2. The highest BCUT2D eigenvalue weighted by Crippen LogP contribution is 2.14. The van der Waals surface area contributed by atoms with Crippen molar-refractivity contribution in [2.45, 2.75) is 12.5 Å². The van der Waals surface area contributed by atoms with Crippen molar-refractivity contribution in [1.29, 1.82) is 0 Å². The molecule has 0 aliphatic rings. The Morgan fingerprint density at radius 3 is 2.22 bits per heavy atom. The van der Waals surface area contributed by atoms with E-state index in [-0.39, 0.29) is 12.1 Å². The summed E-state index contributed by atoms with van der Waals surface area (Å²) in [5.74, 6) is -2.26. The number of carbonyl (C=O) groups excluding carboxylic acids is 2. The van der Waals surface area contributed by atoms with E-state index in [9.17, 15) is 18.4 Å². The third-order valence-corrected chi connectivity index (χ3v) is 3.05. The molecule has 0 saturated heterocycles. The minimum absolute atomic E-state index is 0.0446. The number of amides is 3. The van der Waals surface area contributed by atoms with E-state index in [1.165, 1.54) is 0 Å². The first-order valence-electron chi connectivity index (χ1n) is 6.81. The van der Waals surface area contributed by atoms with Crippen molar-refractivity contribution in [3.05, 3.63) is 65.7 Å². The van der Waals surface area contributed by atoms with E-state index in [1.807, 2.05) is 6.07 Å². The summed E-state index contributed by atoms with van der Waals surface area (Å²) >= 11 is 0. The Balaban J connectivity index is 2.14. The second-order valence-corrected chi connectivity index (χ2v) is 4.90. The SMILES string of the molecule is NC(=O)NC(Cc1ccccc1)C(=O)Nc1cc(F)cc(F)c1. The largest absolute Gasteiger partial charge is 0.352 e. The predicted molar refractivity (Wildman–Crippen MR) is 81.6 cm³/mol. The predicted octanol–water partition coefficient (Wildman–Crippen LogP) is 2.18. The van der Waals surface area contributed by atoms with Crippen LogP contribution >= 0.6 is 0 Å². The molecule has 3 amide bonds. The third kappa shape index (κ3) is 5.06. The third-order valence-electron chi connectivity index (χ3n) is 3.05. The van der Waals surface area contributed by atoms with Crippen LogP contribution in [0.1, 0.15) is 5.56 Å². The maximum atomic E-state index is 13.2. The van der Waals surface area contributed by atoms with Crippen LogP contribution in [0, 0.1) is 11.6 Å². The molecule has 0 heterocycles. The fourth-order valence-electron chi connectivity index (χ4n) is 2.09. The summed E-state index contributed by atoms with van der Waals surface area (Å²) < 4.78 is 26.3. The fourth-order valence-corrected chi connectivity index (χ4v) is 2.09. The molecule has 2 rings (SSSR count). The van der Waals surface area contributed by atoms with Crippen LogP contribution < -0.4 is 16.4 Å². The second-order valence-electron chi connectivity index (χ2n) is 4.90. The minimum atomic E-state index is -0.971. The van der Waals surface area contributed by atoms with Gasteiger partial charge in [0.15, 0.2) is 0 Å². The van der Waals surface area contributed by atoms with Crippen LogP contribution in [0.3, 0.4) is 0 Å². The van der Waals surface area contributed by atoms with E-state index >= 15 is 0 Å². The molecule has 120 valence electrons. The van der Waals surface area contributed by atoms with Gasteiger partial charge in [-0.05, 0) is 17.7 Å². The van der Waals surface area contributed by atoms with E-state index in [0.717, 1.165) is 17.7 Å². The van der Waals surface area contributed by atoms with Crippen molar-refractivity contribution < 1.29 is 18.4 Å². The molecule has 2 aromatic carbocycles. The summed E-state index contributed by atoms with van der Waals surface area (Å²) in [6, 6.07) is 9.76. The summed E-state index contributed by atoms with van der Waals surface area (Å²) in [5, 5.41) is 4.68. The number of nitrogens with two attached hydrogens (primary N) is 1. The van der Waals surface area contributed by atoms with E-state index in [1.54, 1.807) is 24.3 Å². The lowest BCUT2D eigenvalue weighted by atomic mass is 10.1. The molecule has 0 fully saturated rings. The zero-order valence-electron chi connectivity index (χ0n) is 12.1. The maximum Gasteiger partial charge on any atom is 0.312 e. The molecule has 1 unspecified atom stereocenters. The van der Waals surface area contributed by atoms with Crippen molar-refractivity contribution in [3.8, 4) is 0 Å². The number of halogens is 2. The molecule has 0 bridgehead atoms. The van der Waals surface area contributed by atoms with Crippen LogP contribution in [0.2, 0.25) is 0 Å². The lowest BCUT2D eigenvalue weighted by Gasteiger charge is -2.17. The average molecular weight is 319 g/mol. The molecule has 5 nitrogen and oxygen atoms in total. The first-order chi connectivity index (χ1) is 10.9. The van der Waals surface area contributed by atoms with Gasteiger partial charge in [0.05, 0.1) is 0 Å². The Labute approximate surface area is 131 Å². The highest BCUT2D eigenvalue weighted by molar-refractivity contribution is 5.97. The molecule has 1 atom stereocenters. The molecular formula is C16H15F2N3O2. The van der Waals surface area contributed by atoms with Gasteiger partial charge in [0, 0.05) is 18.2 Å². The van der Waals surface area contributed by atoms with E-state index < -0.39 is 29.6 Å². The van der Waals surface area contributed by atoms with Gasteiger partial charge in [-0.2, -0.15) is 0 Å². The molecule has 2 aromatic rings. The number of rotatable bonds is 5. The zero-order chi connectivity index (χ0) is 16.8. The monoisotopic (exact) mass is 319 g/mol. The Morgan fingerprint density at radius 2 is 1.65 bits per heavy atom. The first-order valence-corrected chi connectivity index (χ1v) is 6.81. The molecule has 4 N–H and O–H groups in total. The highest BCUT2D eigenvalue weighted by Gasteiger charge is 2.20. The van der Waals surface area contributed by atoms with E-state index in [4.69, 9.17) is 5.73 Å². The van der Waals surface area contributed by atoms with Gasteiger partial charge < -0.3 is 16.4 Å². The summed E-state index contributed by atoms with van der Waals surface area (Å²) in [6.07, 6.45) is 0.188. The summed E-state index contributed by atoms with van der Waals surface area (Å²) in [4.78, 5) is 23.3. The van der Waals surface area contributed by atoms with Crippen LogP contribution in [-0.2, 0) is 11.2 Å². The number of urea groups is 1. The zero-order valence-corrected chi connectivity index (χ0v) is 12.1. The van der Waals surface area contributed by atoms with Crippen LogP contribution in [0.25, 0.3) is 0 Å². The van der Waals surface area contributed by atoms with Crippen molar-refractivity contribution in [2.75, 3.05) is 5.32 Å². The van der Waals surface area contributed by atoms with Gasteiger partial charge in [0.25, 0.3) is 0 Å². The number of carbonyl (C=O) groups is 2. The molecule has 0 spiro atoms. The summed E-state index contributed by atoms with van der Waals surface area (Å²) in [6.45, 7) is 0. The number of hydrogen-bond acceptors (Lipinski definition) is 2. The molecule has 23 heavy (non-hydrogen) atoms. The van der Waals surface area contributed by atoms with Crippen LogP contribution in [-0.4, -0.2) is 18.0 Å². The number of nitrogens with one attached hydrogen (secondary N) is 2. The molecule has 0 aromatic heterocycles. The van der Waals surface area contributed by atoms with Crippen molar-refractivity contribution >= 4 is 17.6 Å². The second kappa shape index (κ2) is 7.35. The molecule has 0 radical (unpaired) electrons. The molecule has 0 aliphatic heterocycles. The van der Waals surface area contributed by atoms with Gasteiger partial charge in [-0.25, -0.2) is 13.6 Å². The van der Waals surface area contributed by atoms with Gasteiger partial charge >= 0.3 is 6.03 Å². The van der Waals surface area contributed by atoms with Crippen LogP contribution in [0.15, 0.2) is 48.5 Å². The van der Waals surface area contributed by atoms with Crippen LogP contribution in [0.4, 0.5) is 19.3 Å². The fraction of sp³-hybridized carbons (Fsp3) is 0.125. The number of primary amides is 1. The molecule has 0 saturated carbocycles.